The van der Waals surface area contributed by atoms with E-state index in [0.29, 0.717) is 31.0 Å². The van der Waals surface area contributed by atoms with Gasteiger partial charge in [-0.3, -0.25) is 19.5 Å². The number of carbonyl (C=O) groups is 1. The number of carbonyl (C=O) groups excluding carboxylic acids is 1. The molecule has 0 atom stereocenters. The first-order valence-electron chi connectivity index (χ1n) is 9.24. The maximum absolute atomic E-state index is 13.7. The lowest BCUT2D eigenvalue weighted by Gasteiger charge is -2.28. The number of aromatic amines is 1. The van der Waals surface area contributed by atoms with E-state index in [1.165, 1.54) is 12.1 Å². The highest BCUT2D eigenvalue weighted by atomic mass is 19.1. The van der Waals surface area contributed by atoms with Gasteiger partial charge in [0.1, 0.15) is 5.82 Å². The zero-order valence-electron chi connectivity index (χ0n) is 15.0. The number of amides is 1. The summed E-state index contributed by atoms with van der Waals surface area (Å²) in [6.07, 6.45) is 2.85. The normalized spacial score (nSPS) is 17.0. The largest absolute Gasteiger partial charge is 0.342 e. The van der Waals surface area contributed by atoms with Crippen LogP contribution in [0.1, 0.15) is 24.1 Å². The highest BCUT2D eigenvalue weighted by Gasteiger charge is 2.24. The molecule has 2 N–H and O–H groups in total. The van der Waals surface area contributed by atoms with Gasteiger partial charge in [-0.25, -0.2) is 9.37 Å². The van der Waals surface area contributed by atoms with Gasteiger partial charge in [0, 0.05) is 32.6 Å². The lowest BCUT2D eigenvalue weighted by atomic mass is 10.1. The first-order chi connectivity index (χ1) is 13.1. The van der Waals surface area contributed by atoms with Crippen LogP contribution in [-0.2, 0) is 17.8 Å². The zero-order valence-corrected chi connectivity index (χ0v) is 15.0. The summed E-state index contributed by atoms with van der Waals surface area (Å²) in [6.45, 7) is 2.94. The summed E-state index contributed by atoms with van der Waals surface area (Å²) >= 11 is 0. The number of nitrogens with one attached hydrogen (secondary N) is 2. The minimum absolute atomic E-state index is 0.0983. The lowest BCUT2D eigenvalue weighted by Crippen LogP contribution is -2.40. The van der Waals surface area contributed by atoms with Crippen LogP contribution in [0.25, 0.3) is 0 Å². The second-order valence-corrected chi connectivity index (χ2v) is 7.00. The topological polar surface area (TPSA) is 81.3 Å². The average molecular weight is 371 g/mol. The average Bonchev–Trinajstić information content (AvgIpc) is 3.19. The van der Waals surface area contributed by atoms with Gasteiger partial charge < -0.3 is 10.2 Å². The molecule has 27 heavy (non-hydrogen) atoms. The third-order valence-corrected chi connectivity index (χ3v) is 5.06. The molecule has 1 aromatic heterocycles. The van der Waals surface area contributed by atoms with Gasteiger partial charge in [0.2, 0.25) is 11.9 Å². The first-order valence-corrected chi connectivity index (χ1v) is 9.24. The zero-order chi connectivity index (χ0) is 18.8. The predicted octanol–water partition coefficient (Wildman–Crippen LogP) is 1.51. The van der Waals surface area contributed by atoms with Crippen LogP contribution in [0.4, 0.5) is 16.0 Å². The molecule has 0 spiro atoms. The molecule has 2 aromatic rings. The number of benzene rings is 1. The molecule has 0 saturated carbocycles. The monoisotopic (exact) mass is 371 g/mol. The van der Waals surface area contributed by atoms with Gasteiger partial charge in [-0.1, -0.05) is 12.1 Å². The fourth-order valence-electron chi connectivity index (χ4n) is 3.64. The van der Waals surface area contributed by atoms with Crippen molar-refractivity contribution in [3.8, 4) is 0 Å². The van der Waals surface area contributed by atoms with Crippen LogP contribution in [0.2, 0.25) is 0 Å². The van der Waals surface area contributed by atoms with E-state index in [9.17, 15) is 14.0 Å². The Hall–Kier alpha value is -2.74. The van der Waals surface area contributed by atoms with E-state index in [-0.39, 0.29) is 23.7 Å². The molecular weight excluding hydrogens is 349 g/mol. The van der Waals surface area contributed by atoms with Crippen molar-refractivity contribution in [2.45, 2.75) is 25.8 Å². The third kappa shape index (κ3) is 3.85. The van der Waals surface area contributed by atoms with Crippen molar-refractivity contribution in [3.63, 3.8) is 0 Å². The van der Waals surface area contributed by atoms with Gasteiger partial charge in [-0.15, -0.1) is 0 Å². The van der Waals surface area contributed by atoms with E-state index < -0.39 is 5.82 Å². The Bertz CT molecular complexity index is 907. The summed E-state index contributed by atoms with van der Waals surface area (Å²) in [5.41, 5.74) is 1.45. The summed E-state index contributed by atoms with van der Waals surface area (Å²) in [4.78, 5) is 36.3. The Labute approximate surface area is 156 Å². The molecule has 0 radical (unpaired) electrons. The highest BCUT2D eigenvalue weighted by Crippen LogP contribution is 2.19. The number of H-pyrrole nitrogens is 1. The van der Waals surface area contributed by atoms with E-state index in [1.54, 1.807) is 12.1 Å². The Balaban J connectivity index is 1.43. The van der Waals surface area contributed by atoms with Crippen LogP contribution in [0.15, 0.2) is 29.1 Å². The summed E-state index contributed by atoms with van der Waals surface area (Å²) in [6, 6.07) is 6.06. The van der Waals surface area contributed by atoms with Crippen molar-refractivity contribution >= 4 is 17.5 Å². The first kappa shape index (κ1) is 17.7. The Morgan fingerprint density at radius 3 is 2.78 bits per heavy atom. The number of anilines is 2. The van der Waals surface area contributed by atoms with Crippen LogP contribution in [0.5, 0.6) is 0 Å². The highest BCUT2D eigenvalue weighted by molar-refractivity contribution is 5.92. The molecule has 2 aliphatic heterocycles. The molecule has 4 rings (SSSR count). The standard InChI is InChI=1S/C19H22FN5O2/c20-14-5-1-2-6-16(14)21-17(26)12-24-10-7-15-13(11-24)18(27)23-19(22-15)25-8-3-4-9-25/h1-2,5-6H,3-4,7-12H2,(H,21,26)(H,22,23,27). The predicted molar refractivity (Wildman–Crippen MR) is 100 cm³/mol. The summed E-state index contributed by atoms with van der Waals surface area (Å²) in [5.74, 6) is -0.117. The fourth-order valence-corrected chi connectivity index (χ4v) is 3.64. The van der Waals surface area contributed by atoms with Crippen LogP contribution in [0, 0.1) is 5.82 Å². The number of fused-ring (bicyclic) bond motifs is 1. The number of aromatic nitrogens is 2. The number of para-hydroxylation sites is 1. The summed E-state index contributed by atoms with van der Waals surface area (Å²) in [7, 11) is 0. The van der Waals surface area contributed by atoms with Gasteiger partial charge in [-0.2, -0.15) is 0 Å². The third-order valence-electron chi connectivity index (χ3n) is 5.06. The Kier molecular flexibility index (Phi) is 4.89. The molecule has 0 unspecified atom stereocenters. The van der Waals surface area contributed by atoms with Crippen molar-refractivity contribution in [1.29, 1.82) is 0 Å². The second-order valence-electron chi connectivity index (χ2n) is 7.00. The van der Waals surface area contributed by atoms with Crippen molar-refractivity contribution in [2.24, 2.45) is 0 Å². The second kappa shape index (κ2) is 7.48. The SMILES string of the molecule is O=C(CN1CCc2nc(N3CCCC3)[nH]c(=O)c2C1)Nc1ccccc1F. The quantitative estimate of drug-likeness (QED) is 0.851. The minimum atomic E-state index is -0.468. The smallest absolute Gasteiger partial charge is 0.257 e. The van der Waals surface area contributed by atoms with E-state index in [2.05, 4.69) is 20.2 Å². The van der Waals surface area contributed by atoms with Crippen LogP contribution >= 0.6 is 0 Å². The van der Waals surface area contributed by atoms with Gasteiger partial charge in [0.05, 0.1) is 23.5 Å². The maximum Gasteiger partial charge on any atom is 0.257 e. The molecule has 142 valence electrons. The van der Waals surface area contributed by atoms with Gasteiger partial charge in [0.25, 0.3) is 5.56 Å². The van der Waals surface area contributed by atoms with E-state index in [1.807, 2.05) is 4.90 Å². The molecule has 1 saturated heterocycles. The Morgan fingerprint density at radius 2 is 2.00 bits per heavy atom. The molecule has 3 heterocycles. The van der Waals surface area contributed by atoms with Gasteiger partial charge in [0.15, 0.2) is 0 Å². The molecule has 1 amide bonds. The van der Waals surface area contributed by atoms with Crippen LogP contribution < -0.4 is 15.8 Å². The molecule has 1 aromatic carbocycles. The summed E-state index contributed by atoms with van der Waals surface area (Å²) in [5, 5.41) is 2.58. The molecule has 0 aliphatic carbocycles. The van der Waals surface area contributed by atoms with Crippen molar-refractivity contribution in [3.05, 3.63) is 51.7 Å². The number of hydrogen-bond donors (Lipinski definition) is 2. The Morgan fingerprint density at radius 1 is 1.22 bits per heavy atom. The molecule has 8 heteroatoms. The molecular formula is C19H22FN5O2. The van der Waals surface area contributed by atoms with Crippen molar-refractivity contribution < 1.29 is 9.18 Å². The van der Waals surface area contributed by atoms with E-state index in [0.717, 1.165) is 31.6 Å². The molecule has 2 aliphatic rings. The number of hydrogen-bond acceptors (Lipinski definition) is 5. The fraction of sp³-hybridized carbons (Fsp3) is 0.421. The van der Waals surface area contributed by atoms with Crippen molar-refractivity contribution in [1.82, 2.24) is 14.9 Å². The molecule has 0 bridgehead atoms. The van der Waals surface area contributed by atoms with E-state index >= 15 is 0 Å². The number of halogens is 1. The van der Waals surface area contributed by atoms with Gasteiger partial charge in [-0.05, 0) is 25.0 Å². The van der Waals surface area contributed by atoms with Gasteiger partial charge >= 0.3 is 0 Å². The maximum atomic E-state index is 13.7. The van der Waals surface area contributed by atoms with Crippen LogP contribution in [-0.4, -0.2) is 47.0 Å². The molecule has 1 fully saturated rings. The van der Waals surface area contributed by atoms with E-state index in [4.69, 9.17) is 0 Å². The summed E-state index contributed by atoms with van der Waals surface area (Å²) < 4.78 is 13.7. The number of nitrogens with zero attached hydrogens (tertiary/aromatic N) is 3. The van der Waals surface area contributed by atoms with Crippen LogP contribution in [0.3, 0.4) is 0 Å². The number of rotatable bonds is 4. The van der Waals surface area contributed by atoms with Crippen molar-refractivity contribution in [2.75, 3.05) is 36.4 Å². The molecule has 7 nitrogen and oxygen atoms in total. The minimum Gasteiger partial charge on any atom is -0.342 e. The lowest BCUT2D eigenvalue weighted by molar-refractivity contribution is -0.117.